The number of carbonyl (C=O) groups excluding carboxylic acids is 2. The Morgan fingerprint density at radius 1 is 1.16 bits per heavy atom. The van der Waals surface area contributed by atoms with Crippen molar-refractivity contribution in [3.05, 3.63) is 35.9 Å². The molecule has 19 heavy (non-hydrogen) atoms. The van der Waals surface area contributed by atoms with E-state index in [9.17, 15) is 14.4 Å². The van der Waals surface area contributed by atoms with Crippen molar-refractivity contribution >= 4 is 17.7 Å². The van der Waals surface area contributed by atoms with Crippen molar-refractivity contribution in [2.45, 2.75) is 18.9 Å². The molecule has 1 unspecified atom stereocenters. The van der Waals surface area contributed by atoms with Gasteiger partial charge in [-0.3, -0.25) is 14.4 Å². The summed E-state index contributed by atoms with van der Waals surface area (Å²) in [7, 11) is 0. The van der Waals surface area contributed by atoms with E-state index in [4.69, 9.17) is 16.6 Å². The molecule has 2 atom stereocenters. The Morgan fingerprint density at radius 2 is 1.74 bits per heavy atom. The van der Waals surface area contributed by atoms with Gasteiger partial charge in [-0.1, -0.05) is 30.3 Å². The minimum Gasteiger partial charge on any atom is -0.480 e. The van der Waals surface area contributed by atoms with E-state index in [0.29, 0.717) is 0 Å². The summed E-state index contributed by atoms with van der Waals surface area (Å²) in [6, 6.07) is 7.39. The highest BCUT2D eigenvalue weighted by molar-refractivity contribution is 5.92. The number of hydrogen-bond donors (Lipinski definition) is 3. The fourth-order valence-corrected chi connectivity index (χ4v) is 1.76. The lowest BCUT2D eigenvalue weighted by molar-refractivity contribution is -0.143. The molecule has 0 radical (unpaired) electrons. The Bertz CT molecular complexity index is 473. The lowest BCUT2D eigenvalue weighted by Crippen LogP contribution is -2.44. The highest BCUT2D eigenvalue weighted by atomic mass is 16.4. The molecule has 1 amide bonds. The van der Waals surface area contributed by atoms with Crippen LogP contribution in [0.25, 0.3) is 0 Å². The van der Waals surface area contributed by atoms with E-state index in [1.54, 1.807) is 30.3 Å². The zero-order valence-electron chi connectivity index (χ0n) is 10.3. The molecule has 0 spiro atoms. The summed E-state index contributed by atoms with van der Waals surface area (Å²) in [5, 5.41) is 8.85. The lowest BCUT2D eigenvalue weighted by Gasteiger charge is -2.18. The van der Waals surface area contributed by atoms with Gasteiger partial charge in [-0.2, -0.15) is 0 Å². The molecule has 0 saturated heterocycles. The summed E-state index contributed by atoms with van der Waals surface area (Å²) in [5.74, 6) is -3.58. The quantitative estimate of drug-likeness (QED) is 0.624. The molecule has 1 rings (SSSR count). The van der Waals surface area contributed by atoms with Gasteiger partial charge < -0.3 is 16.6 Å². The fraction of sp³-hybridized carbons (Fsp3) is 0.308. The van der Waals surface area contributed by atoms with Gasteiger partial charge >= 0.3 is 5.97 Å². The van der Waals surface area contributed by atoms with E-state index < -0.39 is 29.6 Å². The number of primary amides is 1. The lowest BCUT2D eigenvalue weighted by atomic mass is 9.88. The van der Waals surface area contributed by atoms with E-state index >= 15 is 0 Å². The molecule has 0 bridgehead atoms. The van der Waals surface area contributed by atoms with Gasteiger partial charge in [0.05, 0.1) is 5.92 Å². The van der Waals surface area contributed by atoms with Crippen molar-refractivity contribution in [3.63, 3.8) is 0 Å². The van der Waals surface area contributed by atoms with Gasteiger partial charge in [0.2, 0.25) is 5.91 Å². The van der Waals surface area contributed by atoms with E-state index in [2.05, 4.69) is 0 Å². The zero-order valence-corrected chi connectivity index (χ0v) is 10.3. The van der Waals surface area contributed by atoms with Crippen LogP contribution in [0.2, 0.25) is 0 Å². The first kappa shape index (κ1) is 14.8. The number of carboxylic acids is 1. The predicted octanol–water partition coefficient (Wildman–Crippen LogP) is -0.298. The summed E-state index contributed by atoms with van der Waals surface area (Å²) >= 11 is 0. The van der Waals surface area contributed by atoms with Crippen LogP contribution in [0.4, 0.5) is 0 Å². The Morgan fingerprint density at radius 3 is 2.21 bits per heavy atom. The smallest absolute Gasteiger partial charge is 0.321 e. The normalized spacial score (nSPS) is 13.5. The summed E-state index contributed by atoms with van der Waals surface area (Å²) < 4.78 is 0. The molecule has 0 heterocycles. The number of amides is 1. The SMILES string of the molecule is NC(=O)CC(C(=O)Cc1ccccc1)[C@H](N)C(=O)O. The molecule has 6 heteroatoms. The molecule has 102 valence electrons. The van der Waals surface area contributed by atoms with Gasteiger partial charge in [-0.25, -0.2) is 0 Å². The number of ketones is 1. The maximum absolute atomic E-state index is 12.0. The van der Waals surface area contributed by atoms with Crippen LogP contribution in [0.3, 0.4) is 0 Å². The number of nitrogens with two attached hydrogens (primary N) is 2. The summed E-state index contributed by atoms with van der Waals surface area (Å²) in [4.78, 5) is 33.8. The summed E-state index contributed by atoms with van der Waals surface area (Å²) in [6.07, 6.45) is -0.334. The van der Waals surface area contributed by atoms with Crippen LogP contribution in [0, 0.1) is 5.92 Å². The van der Waals surface area contributed by atoms with E-state index in [-0.39, 0.29) is 12.8 Å². The maximum atomic E-state index is 12.0. The van der Waals surface area contributed by atoms with Gasteiger partial charge in [0.15, 0.2) is 0 Å². The van der Waals surface area contributed by atoms with Crippen molar-refractivity contribution in [2.75, 3.05) is 0 Å². The second kappa shape index (κ2) is 6.65. The molecule has 0 aliphatic carbocycles. The summed E-state index contributed by atoms with van der Waals surface area (Å²) in [6.45, 7) is 0. The van der Waals surface area contributed by atoms with Gasteiger partial charge in [0.1, 0.15) is 11.8 Å². The first-order valence-electron chi connectivity index (χ1n) is 5.75. The maximum Gasteiger partial charge on any atom is 0.321 e. The topological polar surface area (TPSA) is 123 Å². The molecule has 6 nitrogen and oxygen atoms in total. The number of Topliss-reactive ketones (excluding diaryl/α,β-unsaturated/α-hetero) is 1. The minimum absolute atomic E-state index is 0.0275. The van der Waals surface area contributed by atoms with E-state index in [1.807, 2.05) is 0 Å². The van der Waals surface area contributed by atoms with Crippen molar-refractivity contribution in [1.29, 1.82) is 0 Å². The van der Waals surface area contributed by atoms with Gasteiger partial charge in [-0.15, -0.1) is 0 Å². The molecule has 1 aromatic rings. The second-order valence-corrected chi connectivity index (χ2v) is 4.27. The molecule has 5 N–H and O–H groups in total. The number of carboxylic acid groups (broad SMARTS) is 1. The average Bonchev–Trinajstić information content (AvgIpc) is 2.35. The Labute approximate surface area is 110 Å². The van der Waals surface area contributed by atoms with Crippen LogP contribution in [0.1, 0.15) is 12.0 Å². The van der Waals surface area contributed by atoms with Crippen molar-refractivity contribution in [2.24, 2.45) is 17.4 Å². The van der Waals surface area contributed by atoms with Gasteiger partial charge in [0, 0.05) is 12.8 Å². The highest BCUT2D eigenvalue weighted by Gasteiger charge is 2.31. The molecule has 0 aliphatic rings. The van der Waals surface area contributed by atoms with Crippen molar-refractivity contribution < 1.29 is 19.5 Å². The van der Waals surface area contributed by atoms with E-state index in [1.165, 1.54) is 0 Å². The van der Waals surface area contributed by atoms with Crippen LogP contribution < -0.4 is 11.5 Å². The summed E-state index contributed by atoms with van der Waals surface area (Å²) in [5.41, 5.74) is 11.2. The van der Waals surface area contributed by atoms with Crippen molar-refractivity contribution in [3.8, 4) is 0 Å². The van der Waals surface area contributed by atoms with E-state index in [0.717, 1.165) is 5.56 Å². The zero-order chi connectivity index (χ0) is 14.4. The largest absolute Gasteiger partial charge is 0.480 e. The van der Waals surface area contributed by atoms with Crippen LogP contribution in [-0.4, -0.2) is 28.8 Å². The second-order valence-electron chi connectivity index (χ2n) is 4.27. The number of hydrogen-bond acceptors (Lipinski definition) is 4. The Kier molecular flexibility index (Phi) is 5.20. The van der Waals surface area contributed by atoms with Gasteiger partial charge in [-0.05, 0) is 5.56 Å². The van der Waals surface area contributed by atoms with Gasteiger partial charge in [0.25, 0.3) is 0 Å². The van der Waals surface area contributed by atoms with Crippen LogP contribution >= 0.6 is 0 Å². The highest BCUT2D eigenvalue weighted by Crippen LogP contribution is 2.13. The third-order valence-corrected chi connectivity index (χ3v) is 2.77. The molecular formula is C13H16N2O4. The van der Waals surface area contributed by atoms with Crippen LogP contribution in [0.5, 0.6) is 0 Å². The Hall–Kier alpha value is -2.21. The minimum atomic E-state index is -1.43. The predicted molar refractivity (Wildman–Crippen MR) is 68.1 cm³/mol. The molecule has 0 fully saturated rings. The third-order valence-electron chi connectivity index (χ3n) is 2.77. The number of rotatable bonds is 7. The number of carbonyl (C=O) groups is 3. The standard InChI is InChI=1S/C13H16N2O4/c14-11(17)7-9(12(15)13(18)19)10(16)6-8-4-2-1-3-5-8/h1-5,9,12H,6-7,15H2,(H2,14,17)(H,18,19)/t9?,12-/m0/s1. The number of aliphatic carboxylic acids is 1. The molecule has 0 aromatic heterocycles. The average molecular weight is 264 g/mol. The molecule has 0 aliphatic heterocycles. The fourth-order valence-electron chi connectivity index (χ4n) is 1.76. The molecule has 0 saturated carbocycles. The van der Waals surface area contributed by atoms with Crippen LogP contribution in [-0.2, 0) is 20.8 Å². The third kappa shape index (κ3) is 4.51. The van der Waals surface area contributed by atoms with Crippen molar-refractivity contribution in [1.82, 2.24) is 0 Å². The molecule has 1 aromatic carbocycles. The number of benzene rings is 1. The first-order chi connectivity index (χ1) is 8.91. The first-order valence-corrected chi connectivity index (χ1v) is 5.75. The van der Waals surface area contributed by atoms with Crippen LogP contribution in [0.15, 0.2) is 30.3 Å². The monoisotopic (exact) mass is 264 g/mol. The molecular weight excluding hydrogens is 248 g/mol. The Balaban J connectivity index is 2.82.